The summed E-state index contributed by atoms with van der Waals surface area (Å²) in [6, 6.07) is 5.64. The summed E-state index contributed by atoms with van der Waals surface area (Å²) in [5.41, 5.74) is 1.33. The molecular formula is C19H23FN2O4S2. The van der Waals surface area contributed by atoms with Crippen molar-refractivity contribution in [3.8, 4) is 10.6 Å². The van der Waals surface area contributed by atoms with Crippen LogP contribution in [-0.4, -0.2) is 62.0 Å². The van der Waals surface area contributed by atoms with E-state index in [4.69, 9.17) is 4.74 Å². The minimum atomic E-state index is -3.11. The van der Waals surface area contributed by atoms with Crippen molar-refractivity contribution in [2.24, 2.45) is 0 Å². The van der Waals surface area contributed by atoms with Gasteiger partial charge in [-0.1, -0.05) is 0 Å². The van der Waals surface area contributed by atoms with Gasteiger partial charge in [0.2, 0.25) is 0 Å². The molecule has 0 N–H and O–H groups in total. The van der Waals surface area contributed by atoms with Crippen molar-refractivity contribution in [2.75, 3.05) is 31.8 Å². The van der Waals surface area contributed by atoms with Crippen LogP contribution in [0.5, 0.6) is 0 Å². The number of aryl methyl sites for hydroxylation is 1. The molecule has 0 spiro atoms. The van der Waals surface area contributed by atoms with Gasteiger partial charge in [0, 0.05) is 31.9 Å². The Balaban J connectivity index is 1.86. The molecule has 2 heterocycles. The van der Waals surface area contributed by atoms with Crippen LogP contribution < -0.4 is 0 Å². The maximum Gasteiger partial charge on any atom is 0.266 e. The van der Waals surface area contributed by atoms with Crippen LogP contribution in [0.15, 0.2) is 24.3 Å². The highest BCUT2D eigenvalue weighted by atomic mass is 32.2. The van der Waals surface area contributed by atoms with E-state index in [0.717, 1.165) is 5.56 Å². The molecule has 1 aliphatic rings. The minimum absolute atomic E-state index is 0.00556. The van der Waals surface area contributed by atoms with E-state index in [2.05, 4.69) is 4.98 Å². The zero-order chi connectivity index (χ0) is 20.3. The number of rotatable bonds is 7. The van der Waals surface area contributed by atoms with Gasteiger partial charge in [-0.2, -0.15) is 0 Å². The molecule has 1 aliphatic heterocycles. The molecule has 28 heavy (non-hydrogen) atoms. The van der Waals surface area contributed by atoms with Gasteiger partial charge >= 0.3 is 0 Å². The van der Waals surface area contributed by atoms with E-state index in [1.54, 1.807) is 31.1 Å². The Labute approximate surface area is 168 Å². The lowest BCUT2D eigenvalue weighted by Gasteiger charge is -2.28. The molecule has 152 valence electrons. The summed E-state index contributed by atoms with van der Waals surface area (Å²) < 4.78 is 42.1. The van der Waals surface area contributed by atoms with Crippen LogP contribution in [0, 0.1) is 12.7 Å². The minimum Gasteiger partial charge on any atom is -0.385 e. The van der Waals surface area contributed by atoms with Crippen LogP contribution in [0.25, 0.3) is 10.6 Å². The lowest BCUT2D eigenvalue weighted by Crippen LogP contribution is -2.42. The Bertz CT molecular complexity index is 941. The second-order valence-corrected chi connectivity index (χ2v) is 10.1. The van der Waals surface area contributed by atoms with Gasteiger partial charge in [-0.05, 0) is 44.0 Å². The smallest absolute Gasteiger partial charge is 0.266 e. The van der Waals surface area contributed by atoms with Crippen molar-refractivity contribution in [3.63, 3.8) is 0 Å². The van der Waals surface area contributed by atoms with Gasteiger partial charge in [0.15, 0.2) is 9.84 Å². The number of halogens is 1. The van der Waals surface area contributed by atoms with Crippen LogP contribution in [0.4, 0.5) is 4.39 Å². The van der Waals surface area contributed by atoms with Crippen molar-refractivity contribution in [2.45, 2.75) is 25.8 Å². The molecule has 1 atom stereocenters. The van der Waals surface area contributed by atoms with Crippen molar-refractivity contribution < 1.29 is 22.3 Å². The second kappa shape index (κ2) is 8.67. The van der Waals surface area contributed by atoms with Crippen molar-refractivity contribution in [3.05, 3.63) is 40.7 Å². The zero-order valence-electron chi connectivity index (χ0n) is 15.9. The molecule has 1 aromatic carbocycles. The lowest BCUT2D eigenvalue weighted by atomic mass is 10.2. The third kappa shape index (κ3) is 4.76. The molecule has 0 saturated carbocycles. The molecule has 1 amide bonds. The summed E-state index contributed by atoms with van der Waals surface area (Å²) in [5.74, 6) is -0.440. The Morgan fingerprint density at radius 1 is 1.36 bits per heavy atom. The van der Waals surface area contributed by atoms with Crippen LogP contribution in [0.1, 0.15) is 28.2 Å². The van der Waals surface area contributed by atoms with E-state index < -0.39 is 9.84 Å². The Kier molecular flexibility index (Phi) is 6.47. The molecule has 0 radical (unpaired) electrons. The first-order valence-electron chi connectivity index (χ1n) is 9.04. The molecular weight excluding hydrogens is 403 g/mol. The predicted molar refractivity (Wildman–Crippen MR) is 107 cm³/mol. The predicted octanol–water partition coefficient (Wildman–Crippen LogP) is 2.92. The quantitative estimate of drug-likeness (QED) is 0.637. The lowest BCUT2D eigenvalue weighted by molar-refractivity contribution is 0.0678. The van der Waals surface area contributed by atoms with E-state index in [1.807, 2.05) is 0 Å². The molecule has 9 heteroatoms. The number of amides is 1. The highest BCUT2D eigenvalue weighted by molar-refractivity contribution is 7.91. The van der Waals surface area contributed by atoms with Gasteiger partial charge < -0.3 is 9.64 Å². The first-order valence-corrected chi connectivity index (χ1v) is 11.7. The van der Waals surface area contributed by atoms with Gasteiger partial charge in [0.25, 0.3) is 5.91 Å². The number of aromatic nitrogens is 1. The zero-order valence-corrected chi connectivity index (χ0v) is 17.5. The molecule has 0 aliphatic carbocycles. The second-order valence-electron chi connectivity index (χ2n) is 6.84. The summed E-state index contributed by atoms with van der Waals surface area (Å²) in [5, 5.41) is 0.636. The van der Waals surface area contributed by atoms with Crippen LogP contribution >= 0.6 is 11.3 Å². The van der Waals surface area contributed by atoms with Crippen LogP contribution in [0.2, 0.25) is 0 Å². The highest BCUT2D eigenvalue weighted by Gasteiger charge is 2.35. The molecule has 1 aromatic heterocycles. The molecule has 6 nitrogen and oxygen atoms in total. The third-order valence-electron chi connectivity index (χ3n) is 4.74. The highest BCUT2D eigenvalue weighted by Crippen LogP contribution is 2.30. The van der Waals surface area contributed by atoms with E-state index in [0.29, 0.717) is 41.6 Å². The molecule has 1 unspecified atom stereocenters. The van der Waals surface area contributed by atoms with Crippen molar-refractivity contribution >= 4 is 27.1 Å². The summed E-state index contributed by atoms with van der Waals surface area (Å²) in [6.07, 6.45) is 1.07. The normalized spacial score (nSPS) is 18.3. The largest absolute Gasteiger partial charge is 0.385 e. The number of thiazole rings is 1. The molecule has 0 bridgehead atoms. The fourth-order valence-corrected chi connectivity index (χ4v) is 6.05. The van der Waals surface area contributed by atoms with E-state index >= 15 is 0 Å². The topological polar surface area (TPSA) is 76.6 Å². The Hall–Kier alpha value is -1.84. The van der Waals surface area contributed by atoms with E-state index in [1.165, 1.54) is 23.5 Å². The maximum absolute atomic E-state index is 13.3. The number of hydrogen-bond acceptors (Lipinski definition) is 6. The summed E-state index contributed by atoms with van der Waals surface area (Å²) >= 11 is 1.25. The van der Waals surface area contributed by atoms with Gasteiger partial charge in [0.1, 0.15) is 15.7 Å². The number of nitrogens with zero attached hydrogens (tertiary/aromatic N) is 2. The average Bonchev–Trinajstić information content (AvgIpc) is 3.21. The van der Waals surface area contributed by atoms with E-state index in [-0.39, 0.29) is 29.3 Å². The van der Waals surface area contributed by atoms with Crippen molar-refractivity contribution in [1.82, 2.24) is 9.88 Å². The summed E-state index contributed by atoms with van der Waals surface area (Å²) in [6.45, 7) is 2.68. The van der Waals surface area contributed by atoms with Gasteiger partial charge in [-0.25, -0.2) is 17.8 Å². The number of carbonyl (C=O) groups is 1. The van der Waals surface area contributed by atoms with Gasteiger partial charge in [-0.15, -0.1) is 11.3 Å². The fraction of sp³-hybridized carbons (Fsp3) is 0.474. The summed E-state index contributed by atoms with van der Waals surface area (Å²) in [4.78, 5) is 19.9. The third-order valence-corrected chi connectivity index (χ3v) is 7.68. The monoisotopic (exact) mass is 426 g/mol. The SMILES string of the molecule is COCCCN(C(=O)c1sc(-c2ccc(F)cc2)nc1C)C1CCS(=O)(=O)C1. The number of methoxy groups -OCH3 is 1. The first kappa shape index (κ1) is 20.9. The Morgan fingerprint density at radius 3 is 2.68 bits per heavy atom. The van der Waals surface area contributed by atoms with E-state index in [9.17, 15) is 17.6 Å². The van der Waals surface area contributed by atoms with Gasteiger partial charge in [-0.3, -0.25) is 4.79 Å². The standard InChI is InChI=1S/C19H23FN2O4S2/c1-13-17(27-18(21-13)14-4-6-15(20)7-5-14)19(23)22(9-3-10-26-2)16-8-11-28(24,25)12-16/h4-7,16H,3,8-12H2,1-2H3. The maximum atomic E-state index is 13.3. The van der Waals surface area contributed by atoms with Gasteiger partial charge in [0.05, 0.1) is 17.2 Å². The van der Waals surface area contributed by atoms with Crippen molar-refractivity contribution in [1.29, 1.82) is 0 Å². The fourth-order valence-electron chi connectivity index (χ4n) is 3.29. The number of sulfone groups is 1. The first-order chi connectivity index (χ1) is 13.3. The number of carbonyl (C=O) groups excluding carboxylic acids is 1. The molecule has 1 saturated heterocycles. The molecule has 1 fully saturated rings. The number of benzene rings is 1. The average molecular weight is 427 g/mol. The molecule has 2 aromatic rings. The summed E-state index contributed by atoms with van der Waals surface area (Å²) in [7, 11) is -1.52. The van der Waals surface area contributed by atoms with Crippen LogP contribution in [-0.2, 0) is 14.6 Å². The number of ether oxygens (including phenoxy) is 1. The van der Waals surface area contributed by atoms with Crippen LogP contribution in [0.3, 0.4) is 0 Å². The number of hydrogen-bond donors (Lipinski definition) is 0. The molecule has 3 rings (SSSR count). The Morgan fingerprint density at radius 2 is 2.07 bits per heavy atom.